The lowest BCUT2D eigenvalue weighted by molar-refractivity contribution is -0.112. The summed E-state index contributed by atoms with van der Waals surface area (Å²) in [5.74, 6) is -0.698. The van der Waals surface area contributed by atoms with Gasteiger partial charge in [0.1, 0.15) is 0 Å². The maximum absolute atomic E-state index is 13.7. The van der Waals surface area contributed by atoms with Crippen molar-refractivity contribution in [2.75, 3.05) is 13.1 Å². The zero-order valence-corrected chi connectivity index (χ0v) is 22.7. The van der Waals surface area contributed by atoms with E-state index in [0.717, 1.165) is 16.7 Å². The van der Waals surface area contributed by atoms with Crippen LogP contribution in [0.2, 0.25) is 5.02 Å². The lowest BCUT2D eigenvalue weighted by atomic mass is 9.74. The van der Waals surface area contributed by atoms with Crippen molar-refractivity contribution < 1.29 is 18.3 Å². The molecular formula is C29H34ClNO4S. The molecule has 1 saturated heterocycles. The molecule has 4 atom stereocenters. The minimum atomic E-state index is -3.82. The molecule has 1 heterocycles. The van der Waals surface area contributed by atoms with E-state index >= 15 is 0 Å². The highest BCUT2D eigenvalue weighted by atomic mass is 35.5. The zero-order valence-electron chi connectivity index (χ0n) is 21.1. The van der Waals surface area contributed by atoms with Crippen LogP contribution >= 0.6 is 11.6 Å². The van der Waals surface area contributed by atoms with Crippen LogP contribution in [0.5, 0.6) is 0 Å². The molecule has 7 heteroatoms. The Morgan fingerprint density at radius 3 is 2.14 bits per heavy atom. The van der Waals surface area contributed by atoms with Gasteiger partial charge in [0.05, 0.1) is 22.7 Å². The summed E-state index contributed by atoms with van der Waals surface area (Å²) in [4.78, 5) is 0.219. The van der Waals surface area contributed by atoms with Crippen LogP contribution in [0.3, 0.4) is 0 Å². The second kappa shape index (κ2) is 10.6. The van der Waals surface area contributed by atoms with E-state index in [2.05, 4.69) is 0 Å². The molecular weight excluding hydrogens is 494 g/mol. The number of sulfonamides is 1. The molecule has 4 rings (SSSR count). The fourth-order valence-electron chi connectivity index (χ4n) is 4.95. The van der Waals surface area contributed by atoms with E-state index in [1.807, 2.05) is 70.2 Å². The minimum absolute atomic E-state index is 0.00295. The molecule has 5 nitrogen and oxygen atoms in total. The molecule has 0 saturated carbocycles. The van der Waals surface area contributed by atoms with Gasteiger partial charge in [0.2, 0.25) is 10.0 Å². The Labute approximate surface area is 219 Å². The van der Waals surface area contributed by atoms with Crippen LogP contribution in [0.15, 0.2) is 83.8 Å². The summed E-state index contributed by atoms with van der Waals surface area (Å²) in [6, 6.07) is 24.1. The van der Waals surface area contributed by atoms with E-state index in [1.54, 1.807) is 36.4 Å². The van der Waals surface area contributed by atoms with E-state index in [9.17, 15) is 13.5 Å². The molecule has 1 unspecified atom stereocenters. The van der Waals surface area contributed by atoms with Gasteiger partial charge in [-0.25, -0.2) is 8.42 Å². The maximum atomic E-state index is 13.7. The number of halogens is 1. The van der Waals surface area contributed by atoms with Crippen molar-refractivity contribution in [3.05, 3.63) is 101 Å². The number of rotatable bonds is 6. The molecule has 1 aliphatic heterocycles. The van der Waals surface area contributed by atoms with E-state index in [0.29, 0.717) is 5.02 Å². The lowest BCUT2D eigenvalue weighted by Gasteiger charge is -2.46. The van der Waals surface area contributed by atoms with Gasteiger partial charge in [-0.15, -0.1) is 0 Å². The van der Waals surface area contributed by atoms with Gasteiger partial charge in [0, 0.05) is 29.9 Å². The number of nitrogens with zero attached hydrogens (tertiary/aromatic N) is 1. The minimum Gasteiger partial charge on any atom is -0.391 e. The summed E-state index contributed by atoms with van der Waals surface area (Å²) < 4.78 is 35.4. The Hall–Kier alpha value is -2.22. The Morgan fingerprint density at radius 2 is 1.56 bits per heavy atom. The first-order chi connectivity index (χ1) is 17.0. The quantitative estimate of drug-likeness (QED) is 0.429. The number of benzene rings is 3. The van der Waals surface area contributed by atoms with E-state index in [4.69, 9.17) is 16.3 Å². The predicted octanol–water partition coefficient (Wildman–Crippen LogP) is 5.97. The van der Waals surface area contributed by atoms with Crippen LogP contribution in [0, 0.1) is 12.8 Å². The van der Waals surface area contributed by atoms with Gasteiger partial charge in [-0.2, -0.15) is 4.31 Å². The first-order valence-electron chi connectivity index (χ1n) is 12.2. The van der Waals surface area contributed by atoms with E-state index in [1.165, 1.54) is 4.31 Å². The third kappa shape index (κ3) is 6.01. The third-order valence-corrected chi connectivity index (χ3v) is 8.69. The smallest absolute Gasteiger partial charge is 0.243 e. The molecule has 0 radical (unpaired) electrons. The molecule has 0 aliphatic carbocycles. The first kappa shape index (κ1) is 26.8. The standard InChI is InChI=1S/C29H34ClNO4S/c1-20-10-16-24(17-11-20)36(33,34)31-18-25(27(26(32)19-31)21-12-14-23(30)15-13-21)28(35-29(2,3)4)22-8-6-5-7-9-22/h5-17,25-28,32H,18-19H2,1-4H3/t25?,26-,27-,28+/m0/s1. The van der Waals surface area contributed by atoms with Crippen molar-refractivity contribution in [3.63, 3.8) is 0 Å². The van der Waals surface area contributed by atoms with Crippen molar-refractivity contribution in [2.45, 2.75) is 56.3 Å². The Kier molecular flexibility index (Phi) is 7.93. The molecule has 0 bridgehead atoms. The Balaban J connectivity index is 1.81. The van der Waals surface area contributed by atoms with Gasteiger partial charge in [-0.05, 0) is 63.1 Å². The number of ether oxygens (including phenoxy) is 1. The molecule has 0 amide bonds. The van der Waals surface area contributed by atoms with Gasteiger partial charge < -0.3 is 9.84 Å². The van der Waals surface area contributed by atoms with Crippen molar-refractivity contribution in [1.82, 2.24) is 4.31 Å². The number of aryl methyl sites for hydroxylation is 1. The second-order valence-corrected chi connectivity index (χ2v) is 12.9. The third-order valence-electron chi connectivity index (χ3n) is 6.59. The largest absolute Gasteiger partial charge is 0.391 e. The Bertz CT molecular complexity index is 1260. The molecule has 3 aromatic rings. The molecule has 1 N–H and O–H groups in total. The fourth-order valence-corrected chi connectivity index (χ4v) is 6.57. The van der Waals surface area contributed by atoms with Crippen molar-refractivity contribution in [3.8, 4) is 0 Å². The summed E-state index contributed by atoms with van der Waals surface area (Å²) in [5.41, 5.74) is 2.34. The van der Waals surface area contributed by atoms with E-state index in [-0.39, 0.29) is 29.8 Å². The van der Waals surface area contributed by atoms with Gasteiger partial charge in [0.25, 0.3) is 0 Å². The molecule has 1 fully saturated rings. The van der Waals surface area contributed by atoms with Gasteiger partial charge >= 0.3 is 0 Å². The van der Waals surface area contributed by atoms with Gasteiger partial charge in [-0.3, -0.25) is 0 Å². The lowest BCUT2D eigenvalue weighted by Crippen LogP contribution is -2.52. The number of hydrogen-bond acceptors (Lipinski definition) is 4. The highest BCUT2D eigenvalue weighted by Gasteiger charge is 2.46. The second-order valence-electron chi connectivity index (χ2n) is 10.5. The van der Waals surface area contributed by atoms with Crippen LogP contribution in [-0.2, 0) is 14.8 Å². The topological polar surface area (TPSA) is 66.8 Å². The molecule has 192 valence electrons. The van der Waals surface area contributed by atoms with Crippen LogP contribution in [0.1, 0.15) is 49.5 Å². The Morgan fingerprint density at radius 1 is 0.944 bits per heavy atom. The molecule has 3 aromatic carbocycles. The van der Waals surface area contributed by atoms with Gasteiger partial charge in [-0.1, -0.05) is 71.8 Å². The fraction of sp³-hybridized carbons (Fsp3) is 0.379. The summed E-state index contributed by atoms with van der Waals surface area (Å²) >= 11 is 6.16. The number of aliphatic hydroxyl groups excluding tert-OH is 1. The summed E-state index contributed by atoms with van der Waals surface area (Å²) in [5, 5.41) is 12.1. The van der Waals surface area contributed by atoms with Crippen molar-refractivity contribution in [1.29, 1.82) is 0 Å². The van der Waals surface area contributed by atoms with Crippen LogP contribution < -0.4 is 0 Å². The van der Waals surface area contributed by atoms with Crippen molar-refractivity contribution >= 4 is 21.6 Å². The van der Waals surface area contributed by atoms with E-state index < -0.39 is 27.8 Å². The number of hydrogen-bond donors (Lipinski definition) is 1. The maximum Gasteiger partial charge on any atom is 0.243 e. The number of piperidine rings is 1. The number of aliphatic hydroxyl groups is 1. The average Bonchev–Trinajstić information content (AvgIpc) is 2.83. The average molecular weight is 528 g/mol. The molecule has 36 heavy (non-hydrogen) atoms. The monoisotopic (exact) mass is 527 g/mol. The normalized spacial score (nSPS) is 22.3. The van der Waals surface area contributed by atoms with Crippen LogP contribution in [0.4, 0.5) is 0 Å². The summed E-state index contributed by atoms with van der Waals surface area (Å²) in [6.07, 6.45) is -1.38. The molecule has 0 aromatic heterocycles. The highest BCUT2D eigenvalue weighted by Crippen LogP contribution is 2.45. The predicted molar refractivity (Wildman–Crippen MR) is 144 cm³/mol. The summed E-state index contributed by atoms with van der Waals surface area (Å²) in [6.45, 7) is 8.08. The van der Waals surface area contributed by atoms with Crippen molar-refractivity contribution in [2.24, 2.45) is 5.92 Å². The zero-order chi connectivity index (χ0) is 26.1. The molecule has 1 aliphatic rings. The molecule has 0 spiro atoms. The first-order valence-corrected chi connectivity index (χ1v) is 14.0. The van der Waals surface area contributed by atoms with Crippen LogP contribution in [0.25, 0.3) is 0 Å². The SMILES string of the molecule is Cc1ccc(S(=O)(=O)N2CC([C@H](OC(C)(C)C)c3ccccc3)[C@H](c3ccc(Cl)cc3)[C@@H](O)C2)cc1. The number of β-amino-alcohol motifs (C(OH)–C–C–N with tert-alkyl or cyclic N) is 1. The summed E-state index contributed by atoms with van der Waals surface area (Å²) in [7, 11) is -3.82. The van der Waals surface area contributed by atoms with Crippen LogP contribution in [-0.4, -0.2) is 42.6 Å². The highest BCUT2D eigenvalue weighted by molar-refractivity contribution is 7.89. The van der Waals surface area contributed by atoms with Gasteiger partial charge in [0.15, 0.2) is 0 Å².